The highest BCUT2D eigenvalue weighted by atomic mass is 16.2. The molecule has 0 saturated carbocycles. The van der Waals surface area contributed by atoms with Gasteiger partial charge in [-0.3, -0.25) is 9.89 Å². The first kappa shape index (κ1) is 12.7. The predicted molar refractivity (Wildman–Crippen MR) is 75.1 cm³/mol. The fraction of sp³-hybridized carbons (Fsp3) is 0.357. The highest BCUT2D eigenvalue weighted by Gasteiger charge is 2.25. The molecule has 3 rings (SSSR count). The number of H-pyrrole nitrogens is 1. The van der Waals surface area contributed by atoms with Crippen molar-refractivity contribution >= 4 is 11.6 Å². The number of hydrogen-bond donors (Lipinski definition) is 3. The Kier molecular flexibility index (Phi) is 3.14. The summed E-state index contributed by atoms with van der Waals surface area (Å²) in [5, 5.41) is 9.66. The molecular formula is C14H17N5O. The molecule has 1 aromatic heterocycles. The highest BCUT2D eigenvalue weighted by Crippen LogP contribution is 2.32. The van der Waals surface area contributed by atoms with Crippen LogP contribution < -0.4 is 11.1 Å². The molecule has 20 heavy (non-hydrogen) atoms. The molecule has 0 aliphatic heterocycles. The van der Waals surface area contributed by atoms with E-state index in [0.717, 1.165) is 36.3 Å². The van der Waals surface area contributed by atoms with Gasteiger partial charge >= 0.3 is 0 Å². The minimum Gasteiger partial charge on any atom is -0.399 e. The molecular weight excluding hydrogens is 254 g/mol. The number of aromatic amines is 1. The van der Waals surface area contributed by atoms with Crippen LogP contribution in [0.1, 0.15) is 47.0 Å². The van der Waals surface area contributed by atoms with E-state index >= 15 is 0 Å². The van der Waals surface area contributed by atoms with Crippen molar-refractivity contribution in [3.8, 4) is 0 Å². The summed E-state index contributed by atoms with van der Waals surface area (Å²) >= 11 is 0. The van der Waals surface area contributed by atoms with Crippen molar-refractivity contribution in [2.24, 2.45) is 0 Å². The van der Waals surface area contributed by atoms with Crippen molar-refractivity contribution in [2.45, 2.75) is 32.2 Å². The molecule has 1 aliphatic rings. The minimum absolute atomic E-state index is 0.0154. The van der Waals surface area contributed by atoms with Crippen LogP contribution in [-0.2, 0) is 12.8 Å². The number of benzene rings is 1. The van der Waals surface area contributed by atoms with Gasteiger partial charge in [0, 0.05) is 12.1 Å². The van der Waals surface area contributed by atoms with Crippen LogP contribution >= 0.6 is 0 Å². The second-order valence-electron chi connectivity index (χ2n) is 4.98. The van der Waals surface area contributed by atoms with Crippen LogP contribution in [0.2, 0.25) is 0 Å². The van der Waals surface area contributed by atoms with Crippen LogP contribution in [0.4, 0.5) is 5.69 Å². The topological polar surface area (TPSA) is 96.7 Å². The Morgan fingerprint density at radius 2 is 2.40 bits per heavy atom. The number of amides is 1. The summed E-state index contributed by atoms with van der Waals surface area (Å²) in [6.07, 6.45) is 2.54. The Morgan fingerprint density at radius 3 is 3.15 bits per heavy atom. The van der Waals surface area contributed by atoms with E-state index in [1.165, 1.54) is 5.56 Å². The smallest absolute Gasteiger partial charge is 0.291 e. The van der Waals surface area contributed by atoms with Gasteiger partial charge in [0.25, 0.3) is 5.91 Å². The number of carbonyl (C=O) groups excluding carboxylic acids is 1. The molecule has 2 aromatic rings. The maximum absolute atomic E-state index is 12.1. The van der Waals surface area contributed by atoms with E-state index in [0.29, 0.717) is 0 Å². The van der Waals surface area contributed by atoms with Crippen LogP contribution in [0.5, 0.6) is 0 Å². The average molecular weight is 271 g/mol. The SMILES string of the molecule is CCc1nc(C(=O)NC2CCc3cc(N)ccc32)n[nH]1. The Morgan fingerprint density at radius 1 is 1.55 bits per heavy atom. The Labute approximate surface area is 116 Å². The zero-order valence-corrected chi connectivity index (χ0v) is 11.3. The first-order valence-electron chi connectivity index (χ1n) is 6.78. The van der Waals surface area contributed by atoms with Crippen LogP contribution in [0, 0.1) is 0 Å². The Hall–Kier alpha value is -2.37. The molecule has 0 spiro atoms. The van der Waals surface area contributed by atoms with Gasteiger partial charge in [-0.15, -0.1) is 5.10 Å². The number of nitrogens with zero attached hydrogens (tertiary/aromatic N) is 2. The molecule has 4 N–H and O–H groups in total. The van der Waals surface area contributed by atoms with Crippen molar-refractivity contribution in [2.75, 3.05) is 5.73 Å². The fourth-order valence-corrected chi connectivity index (χ4v) is 2.57. The molecule has 0 fully saturated rings. The molecule has 1 heterocycles. The third-order valence-electron chi connectivity index (χ3n) is 3.62. The number of aryl methyl sites for hydroxylation is 2. The van der Waals surface area contributed by atoms with Gasteiger partial charge in [-0.05, 0) is 36.1 Å². The first-order valence-corrected chi connectivity index (χ1v) is 6.78. The summed E-state index contributed by atoms with van der Waals surface area (Å²) in [7, 11) is 0. The summed E-state index contributed by atoms with van der Waals surface area (Å²) < 4.78 is 0. The molecule has 0 saturated heterocycles. The number of nitrogens with one attached hydrogen (secondary N) is 2. The van der Waals surface area contributed by atoms with E-state index in [9.17, 15) is 4.79 Å². The maximum Gasteiger partial charge on any atom is 0.291 e. The van der Waals surface area contributed by atoms with Crippen molar-refractivity contribution in [1.29, 1.82) is 0 Å². The van der Waals surface area contributed by atoms with Crippen LogP contribution in [0.15, 0.2) is 18.2 Å². The molecule has 1 aliphatic carbocycles. The molecule has 1 amide bonds. The normalized spacial score (nSPS) is 16.9. The summed E-state index contributed by atoms with van der Waals surface area (Å²) in [4.78, 5) is 16.3. The second-order valence-corrected chi connectivity index (χ2v) is 4.98. The highest BCUT2D eigenvalue weighted by molar-refractivity contribution is 5.90. The van der Waals surface area contributed by atoms with Crippen LogP contribution in [-0.4, -0.2) is 21.1 Å². The largest absolute Gasteiger partial charge is 0.399 e. The molecule has 6 heteroatoms. The quantitative estimate of drug-likeness (QED) is 0.734. The average Bonchev–Trinajstić information content (AvgIpc) is 3.05. The monoisotopic (exact) mass is 271 g/mol. The Bertz CT molecular complexity index is 649. The van der Waals surface area contributed by atoms with Gasteiger partial charge in [0.1, 0.15) is 5.82 Å². The molecule has 104 valence electrons. The van der Waals surface area contributed by atoms with E-state index in [2.05, 4.69) is 20.5 Å². The second kappa shape index (κ2) is 4.96. The summed E-state index contributed by atoms with van der Waals surface area (Å²) in [5.41, 5.74) is 8.88. The zero-order valence-electron chi connectivity index (χ0n) is 11.3. The standard InChI is InChI=1S/C14H17N5O/c1-2-12-17-13(19-18-12)14(20)16-11-6-3-8-7-9(15)4-5-10(8)11/h4-5,7,11H,2-3,6,15H2,1H3,(H,16,20)(H,17,18,19). The van der Waals surface area contributed by atoms with E-state index in [1.807, 2.05) is 25.1 Å². The number of anilines is 1. The van der Waals surface area contributed by atoms with E-state index in [-0.39, 0.29) is 17.8 Å². The van der Waals surface area contributed by atoms with Gasteiger partial charge in [-0.1, -0.05) is 13.0 Å². The van der Waals surface area contributed by atoms with Crippen LogP contribution in [0.3, 0.4) is 0 Å². The molecule has 6 nitrogen and oxygen atoms in total. The first-order chi connectivity index (χ1) is 9.67. The van der Waals surface area contributed by atoms with Gasteiger partial charge in [0.15, 0.2) is 0 Å². The number of carbonyl (C=O) groups is 1. The minimum atomic E-state index is -0.240. The Balaban J connectivity index is 1.75. The lowest BCUT2D eigenvalue weighted by molar-refractivity contribution is 0.0926. The molecule has 0 bridgehead atoms. The number of rotatable bonds is 3. The summed E-state index contributed by atoms with van der Waals surface area (Å²) in [6.45, 7) is 1.96. The number of nitrogens with two attached hydrogens (primary N) is 1. The van der Waals surface area contributed by atoms with Crippen LogP contribution in [0.25, 0.3) is 0 Å². The van der Waals surface area contributed by atoms with Crippen molar-refractivity contribution in [3.63, 3.8) is 0 Å². The van der Waals surface area contributed by atoms with E-state index < -0.39 is 0 Å². The predicted octanol–water partition coefficient (Wildman–Crippen LogP) is 1.37. The van der Waals surface area contributed by atoms with Gasteiger partial charge in [-0.25, -0.2) is 4.98 Å². The number of hydrogen-bond acceptors (Lipinski definition) is 4. The van der Waals surface area contributed by atoms with Gasteiger partial charge in [0.2, 0.25) is 5.82 Å². The fourth-order valence-electron chi connectivity index (χ4n) is 2.57. The van der Waals surface area contributed by atoms with Gasteiger partial charge in [0.05, 0.1) is 6.04 Å². The molecule has 1 atom stereocenters. The lowest BCUT2D eigenvalue weighted by Crippen LogP contribution is -2.28. The number of nitrogen functional groups attached to an aromatic ring is 1. The number of aromatic nitrogens is 3. The maximum atomic E-state index is 12.1. The van der Waals surface area contributed by atoms with Crippen molar-refractivity contribution < 1.29 is 4.79 Å². The van der Waals surface area contributed by atoms with E-state index in [1.54, 1.807) is 0 Å². The van der Waals surface area contributed by atoms with Crippen molar-refractivity contribution in [1.82, 2.24) is 20.5 Å². The third kappa shape index (κ3) is 2.24. The van der Waals surface area contributed by atoms with E-state index in [4.69, 9.17) is 5.73 Å². The van der Waals surface area contributed by atoms with Gasteiger partial charge in [-0.2, -0.15) is 0 Å². The van der Waals surface area contributed by atoms with Gasteiger partial charge < -0.3 is 11.1 Å². The molecule has 1 aromatic carbocycles. The lowest BCUT2D eigenvalue weighted by Gasteiger charge is -2.12. The zero-order chi connectivity index (χ0) is 14.1. The molecule has 0 radical (unpaired) electrons. The summed E-state index contributed by atoms with van der Waals surface area (Å²) in [6, 6.07) is 5.84. The lowest BCUT2D eigenvalue weighted by atomic mass is 10.1. The number of fused-ring (bicyclic) bond motifs is 1. The summed E-state index contributed by atoms with van der Waals surface area (Å²) in [5.74, 6) is 0.677. The third-order valence-corrected chi connectivity index (χ3v) is 3.62. The van der Waals surface area contributed by atoms with Crippen molar-refractivity contribution in [3.05, 3.63) is 41.0 Å². The molecule has 1 unspecified atom stereocenters.